The average molecular weight is 379 g/mol. The Morgan fingerprint density at radius 3 is 2.64 bits per heavy atom. The summed E-state index contributed by atoms with van der Waals surface area (Å²) >= 11 is 0. The molecule has 1 aliphatic heterocycles. The molecule has 4 heterocycles. The summed E-state index contributed by atoms with van der Waals surface area (Å²) in [4.78, 5) is 23.6. The van der Waals surface area contributed by atoms with Crippen LogP contribution in [-0.2, 0) is 6.54 Å². The van der Waals surface area contributed by atoms with Crippen molar-refractivity contribution in [3.63, 3.8) is 0 Å². The van der Waals surface area contributed by atoms with Crippen LogP contribution in [0.2, 0.25) is 0 Å². The predicted molar refractivity (Wildman–Crippen MR) is 106 cm³/mol. The van der Waals surface area contributed by atoms with Crippen LogP contribution in [-0.4, -0.2) is 39.6 Å². The molecule has 1 fully saturated rings. The van der Waals surface area contributed by atoms with Gasteiger partial charge in [0.05, 0.1) is 18.4 Å². The zero-order chi connectivity index (χ0) is 19.5. The lowest BCUT2D eigenvalue weighted by atomic mass is 10.0. The van der Waals surface area contributed by atoms with Gasteiger partial charge >= 0.3 is 0 Å². The first-order valence-corrected chi connectivity index (χ1v) is 9.64. The highest BCUT2D eigenvalue weighted by Gasteiger charge is 2.24. The zero-order valence-corrected chi connectivity index (χ0v) is 16.3. The van der Waals surface area contributed by atoms with Crippen LogP contribution in [0.25, 0.3) is 0 Å². The van der Waals surface area contributed by atoms with Crippen LogP contribution >= 0.6 is 0 Å². The van der Waals surface area contributed by atoms with Gasteiger partial charge in [-0.3, -0.25) is 4.79 Å². The Kier molecular flexibility index (Phi) is 5.14. The van der Waals surface area contributed by atoms with E-state index >= 15 is 0 Å². The van der Waals surface area contributed by atoms with E-state index in [1.165, 1.54) is 0 Å². The molecule has 0 unspecified atom stereocenters. The molecule has 3 aromatic heterocycles. The highest BCUT2D eigenvalue weighted by Crippen LogP contribution is 2.19. The number of aryl methyl sites for hydroxylation is 1. The molecule has 0 bridgehead atoms. The highest BCUT2D eigenvalue weighted by molar-refractivity contribution is 5.95. The molecule has 4 rings (SSSR count). The molecular formula is C21H25N5O2. The standard InChI is InChI=1S/C21H25N5O2/c1-15-13-19(16(2)26(15)14-18-5-3-12-28-18)20(27)24-17-6-10-25(11-7-17)21-22-8-4-9-23-21/h3-5,8-9,12-13,17H,6-7,10-11,14H2,1-2H3,(H,24,27). The van der Waals surface area contributed by atoms with Gasteiger partial charge < -0.3 is 19.2 Å². The van der Waals surface area contributed by atoms with E-state index in [9.17, 15) is 4.79 Å². The second-order valence-corrected chi connectivity index (χ2v) is 7.23. The molecule has 3 aromatic rings. The molecule has 1 aliphatic rings. The Bertz CT molecular complexity index is 925. The third-order valence-electron chi connectivity index (χ3n) is 5.38. The van der Waals surface area contributed by atoms with Gasteiger partial charge in [-0.15, -0.1) is 0 Å². The van der Waals surface area contributed by atoms with Crippen molar-refractivity contribution in [2.24, 2.45) is 0 Å². The summed E-state index contributed by atoms with van der Waals surface area (Å²) in [6.45, 7) is 6.32. The van der Waals surface area contributed by atoms with Crippen molar-refractivity contribution in [2.75, 3.05) is 18.0 Å². The van der Waals surface area contributed by atoms with E-state index in [2.05, 4.69) is 24.8 Å². The maximum Gasteiger partial charge on any atom is 0.253 e. The van der Waals surface area contributed by atoms with Crippen molar-refractivity contribution in [3.8, 4) is 0 Å². The molecule has 146 valence electrons. The summed E-state index contributed by atoms with van der Waals surface area (Å²) in [5.74, 6) is 1.63. The number of carbonyl (C=O) groups excluding carboxylic acids is 1. The lowest BCUT2D eigenvalue weighted by Gasteiger charge is -2.32. The normalized spacial score (nSPS) is 15.0. The largest absolute Gasteiger partial charge is 0.467 e. The zero-order valence-electron chi connectivity index (χ0n) is 16.3. The van der Waals surface area contributed by atoms with Crippen LogP contribution in [0.5, 0.6) is 0 Å². The molecule has 0 atom stereocenters. The van der Waals surface area contributed by atoms with Crippen LogP contribution in [0.15, 0.2) is 47.3 Å². The van der Waals surface area contributed by atoms with Gasteiger partial charge in [0.2, 0.25) is 5.95 Å². The monoisotopic (exact) mass is 379 g/mol. The first kappa shape index (κ1) is 18.3. The Hall–Kier alpha value is -3.09. The SMILES string of the molecule is Cc1cc(C(=O)NC2CCN(c3ncccn3)CC2)c(C)n1Cc1ccco1. The summed E-state index contributed by atoms with van der Waals surface area (Å²) in [5, 5.41) is 3.20. The second-order valence-electron chi connectivity index (χ2n) is 7.23. The third kappa shape index (κ3) is 3.78. The van der Waals surface area contributed by atoms with Crippen molar-refractivity contribution in [1.29, 1.82) is 0 Å². The van der Waals surface area contributed by atoms with Gasteiger partial charge in [-0.25, -0.2) is 9.97 Å². The van der Waals surface area contributed by atoms with E-state index < -0.39 is 0 Å². The van der Waals surface area contributed by atoms with E-state index in [1.54, 1.807) is 18.7 Å². The van der Waals surface area contributed by atoms with Gasteiger partial charge in [-0.05, 0) is 51.0 Å². The van der Waals surface area contributed by atoms with E-state index in [1.807, 2.05) is 38.1 Å². The fraction of sp³-hybridized carbons (Fsp3) is 0.381. The van der Waals surface area contributed by atoms with Crippen LogP contribution in [0.4, 0.5) is 5.95 Å². The summed E-state index contributed by atoms with van der Waals surface area (Å²) in [6.07, 6.45) is 6.96. The number of hydrogen-bond donors (Lipinski definition) is 1. The van der Waals surface area contributed by atoms with E-state index in [-0.39, 0.29) is 11.9 Å². The number of amides is 1. The molecule has 1 amide bonds. The highest BCUT2D eigenvalue weighted by atomic mass is 16.3. The molecule has 28 heavy (non-hydrogen) atoms. The van der Waals surface area contributed by atoms with Gasteiger partial charge in [-0.1, -0.05) is 0 Å². The topological polar surface area (TPSA) is 76.2 Å². The number of nitrogens with zero attached hydrogens (tertiary/aromatic N) is 4. The number of furan rings is 1. The smallest absolute Gasteiger partial charge is 0.253 e. The maximum absolute atomic E-state index is 12.9. The van der Waals surface area contributed by atoms with Gasteiger partial charge in [0.15, 0.2) is 0 Å². The number of piperidine rings is 1. The van der Waals surface area contributed by atoms with Crippen molar-refractivity contribution in [3.05, 3.63) is 65.6 Å². The summed E-state index contributed by atoms with van der Waals surface area (Å²) in [5.41, 5.74) is 2.74. The minimum Gasteiger partial charge on any atom is -0.467 e. The molecular weight excluding hydrogens is 354 g/mol. The van der Waals surface area contributed by atoms with Crippen LogP contribution in [0, 0.1) is 13.8 Å². The quantitative estimate of drug-likeness (QED) is 0.738. The number of aromatic nitrogens is 3. The lowest BCUT2D eigenvalue weighted by molar-refractivity contribution is 0.0930. The van der Waals surface area contributed by atoms with Crippen molar-refractivity contribution in [1.82, 2.24) is 19.9 Å². The van der Waals surface area contributed by atoms with Gasteiger partial charge in [0.25, 0.3) is 5.91 Å². The molecule has 1 N–H and O–H groups in total. The summed E-state index contributed by atoms with van der Waals surface area (Å²) < 4.78 is 7.56. The molecule has 7 heteroatoms. The Labute approximate surface area is 164 Å². The number of anilines is 1. The second kappa shape index (κ2) is 7.88. The minimum atomic E-state index is -0.00629. The lowest BCUT2D eigenvalue weighted by Crippen LogP contribution is -2.45. The first-order chi connectivity index (χ1) is 13.6. The van der Waals surface area contributed by atoms with Crippen molar-refractivity contribution in [2.45, 2.75) is 39.3 Å². The molecule has 0 spiro atoms. The third-order valence-corrected chi connectivity index (χ3v) is 5.38. The van der Waals surface area contributed by atoms with Crippen LogP contribution in [0.3, 0.4) is 0 Å². The molecule has 0 radical (unpaired) electrons. The van der Waals surface area contributed by atoms with E-state index in [0.29, 0.717) is 6.54 Å². The maximum atomic E-state index is 12.9. The Balaban J connectivity index is 1.38. The average Bonchev–Trinajstić information content (AvgIpc) is 3.33. The number of rotatable bonds is 5. The molecule has 1 saturated heterocycles. The summed E-state index contributed by atoms with van der Waals surface area (Å²) in [6, 6.07) is 7.77. The van der Waals surface area contributed by atoms with Crippen molar-refractivity contribution >= 4 is 11.9 Å². The first-order valence-electron chi connectivity index (χ1n) is 9.64. The van der Waals surface area contributed by atoms with E-state index in [4.69, 9.17) is 4.42 Å². The molecule has 0 aromatic carbocycles. The number of nitrogens with one attached hydrogen (secondary N) is 1. The van der Waals surface area contributed by atoms with Crippen molar-refractivity contribution < 1.29 is 9.21 Å². The number of hydrogen-bond acceptors (Lipinski definition) is 5. The van der Waals surface area contributed by atoms with Gasteiger partial charge in [0.1, 0.15) is 5.76 Å². The predicted octanol–water partition coefficient (Wildman–Crippen LogP) is 2.94. The molecule has 7 nitrogen and oxygen atoms in total. The van der Waals surface area contributed by atoms with E-state index in [0.717, 1.165) is 54.6 Å². The summed E-state index contributed by atoms with van der Waals surface area (Å²) in [7, 11) is 0. The number of carbonyl (C=O) groups is 1. The van der Waals surface area contributed by atoms with Crippen LogP contribution < -0.4 is 10.2 Å². The van der Waals surface area contributed by atoms with Crippen LogP contribution in [0.1, 0.15) is 40.3 Å². The molecule has 0 saturated carbocycles. The molecule has 0 aliphatic carbocycles. The fourth-order valence-electron chi connectivity index (χ4n) is 3.77. The van der Waals surface area contributed by atoms with Gasteiger partial charge in [0, 0.05) is 42.9 Å². The van der Waals surface area contributed by atoms with Gasteiger partial charge in [-0.2, -0.15) is 0 Å². The Morgan fingerprint density at radius 2 is 1.96 bits per heavy atom. The Morgan fingerprint density at radius 1 is 1.21 bits per heavy atom. The minimum absolute atomic E-state index is 0.00629. The fourth-order valence-corrected chi connectivity index (χ4v) is 3.77.